The largest absolute Gasteiger partial charge is 0.493 e. The zero-order chi connectivity index (χ0) is 29.5. The van der Waals surface area contributed by atoms with Crippen molar-refractivity contribution < 1.29 is 38.4 Å². The number of benzene rings is 3. The molecule has 8 heteroatoms. The highest BCUT2D eigenvalue weighted by molar-refractivity contribution is 6.06. The van der Waals surface area contributed by atoms with Crippen LogP contribution in [0.25, 0.3) is 17.2 Å². The van der Waals surface area contributed by atoms with Gasteiger partial charge in [0, 0.05) is 18.1 Å². The fraction of sp³-hybridized carbons (Fsp3) is 0.182. The molecule has 1 N–H and O–H groups in total. The summed E-state index contributed by atoms with van der Waals surface area (Å²) in [6.45, 7) is 7.19. The summed E-state index contributed by atoms with van der Waals surface area (Å²) in [5, 5.41) is 8.85. The molecule has 0 amide bonds. The number of hydrogen-bond donors (Lipinski definition) is 1. The summed E-state index contributed by atoms with van der Waals surface area (Å²) in [5.41, 5.74) is 3.47. The summed E-state index contributed by atoms with van der Waals surface area (Å²) in [5.74, 6) is 0.0247. The number of ether oxygens (including phenoxy) is 4. The predicted octanol–water partition coefficient (Wildman–Crippen LogP) is 5.22. The van der Waals surface area contributed by atoms with Crippen molar-refractivity contribution in [2.45, 2.75) is 6.42 Å². The molecule has 0 fully saturated rings. The van der Waals surface area contributed by atoms with Crippen LogP contribution in [0.2, 0.25) is 0 Å². The van der Waals surface area contributed by atoms with Crippen LogP contribution in [0, 0.1) is 0 Å². The van der Waals surface area contributed by atoms with Crippen molar-refractivity contribution in [1.82, 2.24) is 0 Å². The van der Waals surface area contributed by atoms with E-state index in [4.69, 9.17) is 24.1 Å². The van der Waals surface area contributed by atoms with Gasteiger partial charge in [-0.3, -0.25) is 4.79 Å². The van der Waals surface area contributed by atoms with Crippen LogP contribution in [0.15, 0.2) is 104 Å². The van der Waals surface area contributed by atoms with Gasteiger partial charge in [-0.25, -0.2) is 9.59 Å². The van der Waals surface area contributed by atoms with E-state index in [9.17, 15) is 14.4 Å². The molecule has 0 bridgehead atoms. The van der Waals surface area contributed by atoms with Crippen LogP contribution in [-0.2, 0) is 19.1 Å². The fourth-order valence-corrected chi connectivity index (χ4v) is 3.45. The molecule has 0 aliphatic carbocycles. The van der Waals surface area contributed by atoms with Crippen LogP contribution in [0.1, 0.15) is 22.3 Å². The maximum absolute atomic E-state index is 12.6. The summed E-state index contributed by atoms with van der Waals surface area (Å²) in [7, 11) is 0. The maximum atomic E-state index is 12.6. The Bertz CT molecular complexity index is 1350. The number of carbonyl (C=O) groups excluding carboxylic acids is 3. The average molecular weight is 557 g/mol. The van der Waals surface area contributed by atoms with Crippen LogP contribution >= 0.6 is 0 Å². The molecule has 3 aromatic carbocycles. The number of carbonyl (C=O) groups is 3. The van der Waals surface area contributed by atoms with Gasteiger partial charge < -0.3 is 24.1 Å². The van der Waals surface area contributed by atoms with E-state index in [1.165, 1.54) is 6.08 Å². The maximum Gasteiger partial charge on any atom is 0.335 e. The van der Waals surface area contributed by atoms with Crippen molar-refractivity contribution in [3.05, 3.63) is 115 Å². The van der Waals surface area contributed by atoms with E-state index in [1.807, 2.05) is 48.5 Å². The highest BCUT2D eigenvalue weighted by atomic mass is 16.6. The van der Waals surface area contributed by atoms with Gasteiger partial charge in [0.25, 0.3) is 0 Å². The van der Waals surface area contributed by atoms with Crippen molar-refractivity contribution in [1.29, 1.82) is 0 Å². The Labute approximate surface area is 239 Å². The van der Waals surface area contributed by atoms with Gasteiger partial charge in [0.1, 0.15) is 24.7 Å². The molecule has 3 aromatic rings. The smallest absolute Gasteiger partial charge is 0.335 e. The Morgan fingerprint density at radius 3 is 1.93 bits per heavy atom. The van der Waals surface area contributed by atoms with E-state index in [2.05, 4.69) is 13.2 Å². The summed E-state index contributed by atoms with van der Waals surface area (Å²) in [6.07, 6.45) is 4.89. The first-order valence-corrected chi connectivity index (χ1v) is 12.9. The normalized spacial score (nSPS) is 10.6. The second kappa shape index (κ2) is 16.2. The minimum atomic E-state index is -0.606. The molecule has 212 valence electrons. The fourth-order valence-electron chi connectivity index (χ4n) is 3.45. The zero-order valence-electron chi connectivity index (χ0n) is 22.6. The molecule has 0 aromatic heterocycles. The van der Waals surface area contributed by atoms with Crippen molar-refractivity contribution in [3.8, 4) is 22.6 Å². The van der Waals surface area contributed by atoms with Gasteiger partial charge in [0.15, 0.2) is 5.78 Å². The molecule has 41 heavy (non-hydrogen) atoms. The topological polar surface area (TPSA) is 108 Å². The third-order valence-corrected chi connectivity index (χ3v) is 5.70. The molecule has 0 saturated heterocycles. The summed E-state index contributed by atoms with van der Waals surface area (Å²) < 4.78 is 21.0. The van der Waals surface area contributed by atoms with Gasteiger partial charge in [-0.15, -0.1) is 0 Å². The lowest BCUT2D eigenvalue weighted by Gasteiger charge is -2.09. The molecule has 0 radical (unpaired) electrons. The Morgan fingerprint density at radius 1 is 0.732 bits per heavy atom. The monoisotopic (exact) mass is 556 g/mol. The Kier molecular flexibility index (Phi) is 12.1. The molecular weight excluding hydrogens is 524 g/mol. The molecule has 0 aliphatic heterocycles. The lowest BCUT2D eigenvalue weighted by atomic mass is 10.0. The highest BCUT2D eigenvalue weighted by Gasteiger charge is 2.07. The number of allylic oxidation sites excluding steroid dienone is 1. The third kappa shape index (κ3) is 10.3. The Morgan fingerprint density at radius 2 is 1.32 bits per heavy atom. The quantitative estimate of drug-likeness (QED) is 0.111. The number of hydrogen-bond acceptors (Lipinski definition) is 8. The third-order valence-electron chi connectivity index (χ3n) is 5.70. The first-order valence-electron chi connectivity index (χ1n) is 12.9. The summed E-state index contributed by atoms with van der Waals surface area (Å²) in [6, 6.07) is 22.2. The van der Waals surface area contributed by atoms with Crippen LogP contribution in [0.4, 0.5) is 0 Å². The Hall–Kier alpha value is -4.95. The molecule has 0 aliphatic rings. The van der Waals surface area contributed by atoms with Gasteiger partial charge in [-0.05, 0) is 59.2 Å². The van der Waals surface area contributed by atoms with E-state index in [-0.39, 0.29) is 31.2 Å². The van der Waals surface area contributed by atoms with Crippen LogP contribution < -0.4 is 9.47 Å². The molecule has 3 rings (SSSR count). The van der Waals surface area contributed by atoms with E-state index >= 15 is 0 Å². The average Bonchev–Trinajstić information content (AvgIpc) is 3.02. The number of aliphatic hydroxyl groups excluding tert-OH is 1. The molecule has 0 spiro atoms. The van der Waals surface area contributed by atoms with Gasteiger partial charge in [0.05, 0.1) is 25.4 Å². The Balaban J connectivity index is 1.43. The lowest BCUT2D eigenvalue weighted by Crippen LogP contribution is -2.12. The van der Waals surface area contributed by atoms with Gasteiger partial charge in [0.2, 0.25) is 0 Å². The molecule has 0 saturated carbocycles. The molecule has 0 atom stereocenters. The van der Waals surface area contributed by atoms with E-state index < -0.39 is 18.5 Å². The molecule has 8 nitrogen and oxygen atoms in total. The zero-order valence-corrected chi connectivity index (χ0v) is 22.6. The van der Waals surface area contributed by atoms with E-state index in [0.29, 0.717) is 30.1 Å². The van der Waals surface area contributed by atoms with Crippen molar-refractivity contribution in [2.75, 3.05) is 33.0 Å². The number of esters is 2. The SMILES string of the molecule is C=CC(=O)OCCOc1ccc(C(=O)/C=C/c2ccc(-c3ccc(OCCCOC(=O)C(=C)CO)cc3)cc2)cc1. The van der Waals surface area contributed by atoms with Gasteiger partial charge in [-0.2, -0.15) is 0 Å². The predicted molar refractivity (Wildman–Crippen MR) is 156 cm³/mol. The second-order valence-electron chi connectivity index (χ2n) is 8.69. The number of ketones is 1. The first-order chi connectivity index (χ1) is 19.9. The molecule has 0 heterocycles. The number of aliphatic hydroxyl groups is 1. The standard InChI is InChI=1S/C33H32O8/c1-3-32(36)40-22-21-39-30-16-12-28(13-17-30)31(35)18-7-25-5-8-26(9-6-25)27-10-14-29(15-11-27)38-19-4-20-41-33(37)24(2)23-34/h3,5-18,34H,1-2,4,19-23H2/b18-7+. The van der Waals surface area contributed by atoms with E-state index in [0.717, 1.165) is 22.8 Å². The van der Waals surface area contributed by atoms with Crippen LogP contribution in [0.5, 0.6) is 11.5 Å². The summed E-state index contributed by atoms with van der Waals surface area (Å²) >= 11 is 0. The first kappa shape index (κ1) is 30.6. The minimum Gasteiger partial charge on any atom is -0.493 e. The second-order valence-corrected chi connectivity index (χ2v) is 8.69. The highest BCUT2D eigenvalue weighted by Crippen LogP contribution is 2.23. The summed E-state index contributed by atoms with van der Waals surface area (Å²) in [4.78, 5) is 35.0. The lowest BCUT2D eigenvalue weighted by molar-refractivity contribution is -0.140. The molecular formula is C33H32O8. The van der Waals surface area contributed by atoms with Crippen LogP contribution in [-0.4, -0.2) is 55.9 Å². The van der Waals surface area contributed by atoms with Crippen molar-refractivity contribution >= 4 is 23.8 Å². The van der Waals surface area contributed by atoms with Gasteiger partial charge >= 0.3 is 11.9 Å². The van der Waals surface area contributed by atoms with Crippen molar-refractivity contribution in [2.24, 2.45) is 0 Å². The van der Waals surface area contributed by atoms with Gasteiger partial charge in [-0.1, -0.05) is 55.6 Å². The van der Waals surface area contributed by atoms with E-state index in [1.54, 1.807) is 30.3 Å². The van der Waals surface area contributed by atoms with Crippen LogP contribution in [0.3, 0.4) is 0 Å². The molecule has 0 unspecified atom stereocenters. The van der Waals surface area contributed by atoms with Crippen molar-refractivity contribution in [3.63, 3.8) is 0 Å². The number of rotatable bonds is 16. The minimum absolute atomic E-state index is 0.0244.